The number of aliphatic imine (C=N–C) groups is 1. The van der Waals surface area contributed by atoms with Crippen LogP contribution in [0.1, 0.15) is 17.2 Å². The van der Waals surface area contributed by atoms with Crippen LogP contribution in [0.4, 0.5) is 0 Å². The smallest absolute Gasteiger partial charge is 0.0985 e. The average Bonchev–Trinajstić information content (AvgIpc) is 2.41. The van der Waals surface area contributed by atoms with E-state index in [-0.39, 0.29) is 0 Å². The fraction of sp³-hybridized carbons (Fsp3) is 0.133. The lowest BCUT2D eigenvalue weighted by atomic mass is 10.1. The molecule has 2 nitrogen and oxygen atoms in total. The molecule has 0 aliphatic rings. The molecule has 0 amide bonds. The van der Waals surface area contributed by atoms with Crippen molar-refractivity contribution in [2.75, 3.05) is 6.54 Å². The maximum Gasteiger partial charge on any atom is 0.0985 e. The van der Waals surface area contributed by atoms with Crippen LogP contribution in [-0.2, 0) is 0 Å². The van der Waals surface area contributed by atoms with Gasteiger partial charge in [0, 0.05) is 6.21 Å². The molecule has 0 saturated heterocycles. The van der Waals surface area contributed by atoms with Crippen molar-refractivity contribution in [3.8, 4) is 0 Å². The summed E-state index contributed by atoms with van der Waals surface area (Å²) in [5.74, 6) is 0. The topological polar surface area (TPSA) is 32.6 Å². The van der Waals surface area contributed by atoms with Crippen LogP contribution in [0.2, 0.25) is 0 Å². The molecule has 0 spiro atoms. The number of aliphatic hydroxyl groups excluding tert-OH is 1. The quantitative estimate of drug-likeness (QED) is 0.797. The van der Waals surface area contributed by atoms with Crippen LogP contribution in [0.25, 0.3) is 0 Å². The van der Waals surface area contributed by atoms with Crippen molar-refractivity contribution in [3.05, 3.63) is 71.8 Å². The van der Waals surface area contributed by atoms with Gasteiger partial charge in [-0.3, -0.25) is 4.99 Å². The zero-order valence-corrected chi connectivity index (χ0v) is 9.53. The minimum Gasteiger partial charge on any atom is -0.386 e. The monoisotopic (exact) mass is 225 g/mol. The molecule has 86 valence electrons. The highest BCUT2D eigenvalue weighted by molar-refractivity contribution is 5.79. The molecule has 0 aliphatic carbocycles. The van der Waals surface area contributed by atoms with Crippen LogP contribution >= 0.6 is 0 Å². The van der Waals surface area contributed by atoms with E-state index in [0.717, 1.165) is 11.1 Å². The Balaban J connectivity index is 1.93. The molecule has 0 fully saturated rings. The van der Waals surface area contributed by atoms with Crippen LogP contribution in [-0.4, -0.2) is 17.9 Å². The number of nitrogens with zero attached hydrogens (tertiary/aromatic N) is 1. The van der Waals surface area contributed by atoms with Crippen molar-refractivity contribution in [2.45, 2.75) is 6.10 Å². The predicted octanol–water partition coefficient (Wildman–Crippen LogP) is 2.84. The summed E-state index contributed by atoms with van der Waals surface area (Å²) >= 11 is 0. The summed E-state index contributed by atoms with van der Waals surface area (Å²) in [5, 5.41) is 9.88. The van der Waals surface area contributed by atoms with E-state index in [9.17, 15) is 5.11 Å². The first-order valence-corrected chi connectivity index (χ1v) is 5.64. The Morgan fingerprint density at radius 1 is 0.941 bits per heavy atom. The number of benzene rings is 2. The summed E-state index contributed by atoms with van der Waals surface area (Å²) in [7, 11) is 0. The minimum atomic E-state index is -0.531. The number of rotatable bonds is 4. The molecule has 0 heterocycles. The van der Waals surface area contributed by atoms with Gasteiger partial charge in [0.15, 0.2) is 0 Å². The molecule has 17 heavy (non-hydrogen) atoms. The third-order valence-electron chi connectivity index (χ3n) is 2.50. The van der Waals surface area contributed by atoms with Crippen molar-refractivity contribution in [1.29, 1.82) is 0 Å². The van der Waals surface area contributed by atoms with Crippen molar-refractivity contribution < 1.29 is 5.11 Å². The standard InChI is InChI=1S/C15H15NO/c17-15(14-9-5-2-6-10-14)12-16-11-13-7-3-1-4-8-13/h1-11,15,17H,12H2. The van der Waals surface area contributed by atoms with Gasteiger partial charge in [-0.1, -0.05) is 60.7 Å². The molecule has 1 atom stereocenters. The van der Waals surface area contributed by atoms with E-state index in [2.05, 4.69) is 4.99 Å². The van der Waals surface area contributed by atoms with Gasteiger partial charge in [-0.2, -0.15) is 0 Å². The van der Waals surface area contributed by atoms with Gasteiger partial charge in [0.05, 0.1) is 12.6 Å². The summed E-state index contributed by atoms with van der Waals surface area (Å²) < 4.78 is 0. The Morgan fingerprint density at radius 2 is 1.53 bits per heavy atom. The highest BCUT2D eigenvalue weighted by Crippen LogP contribution is 2.11. The Morgan fingerprint density at radius 3 is 2.18 bits per heavy atom. The summed E-state index contributed by atoms with van der Waals surface area (Å²) in [6.45, 7) is 0.388. The second-order valence-electron chi connectivity index (χ2n) is 3.83. The van der Waals surface area contributed by atoms with Gasteiger partial charge < -0.3 is 5.11 Å². The van der Waals surface area contributed by atoms with E-state index < -0.39 is 6.10 Å². The van der Waals surface area contributed by atoms with Crippen LogP contribution in [0.15, 0.2) is 65.7 Å². The maximum atomic E-state index is 9.88. The Hall–Kier alpha value is -1.93. The lowest BCUT2D eigenvalue weighted by Gasteiger charge is -2.06. The summed E-state index contributed by atoms with van der Waals surface area (Å²) in [6.07, 6.45) is 1.25. The van der Waals surface area contributed by atoms with Gasteiger partial charge in [-0.05, 0) is 11.1 Å². The van der Waals surface area contributed by atoms with Crippen LogP contribution < -0.4 is 0 Å². The number of hydrogen-bond donors (Lipinski definition) is 1. The van der Waals surface area contributed by atoms with Crippen LogP contribution in [0.5, 0.6) is 0 Å². The van der Waals surface area contributed by atoms with E-state index in [1.807, 2.05) is 60.7 Å². The third-order valence-corrected chi connectivity index (χ3v) is 2.50. The molecular formula is C15H15NO. The van der Waals surface area contributed by atoms with Gasteiger partial charge in [-0.15, -0.1) is 0 Å². The first kappa shape index (κ1) is 11.6. The fourth-order valence-electron chi connectivity index (χ4n) is 1.58. The first-order chi connectivity index (χ1) is 8.36. The SMILES string of the molecule is OC(CN=Cc1ccccc1)c1ccccc1. The molecule has 2 rings (SSSR count). The molecule has 2 aromatic rings. The predicted molar refractivity (Wildman–Crippen MR) is 70.3 cm³/mol. The van der Waals surface area contributed by atoms with Gasteiger partial charge in [0.1, 0.15) is 0 Å². The Labute approximate surface area is 101 Å². The summed E-state index contributed by atoms with van der Waals surface area (Å²) in [4.78, 5) is 4.24. The molecule has 0 radical (unpaired) electrons. The zero-order valence-electron chi connectivity index (χ0n) is 9.53. The van der Waals surface area contributed by atoms with Crippen molar-refractivity contribution in [2.24, 2.45) is 4.99 Å². The van der Waals surface area contributed by atoms with E-state index in [1.165, 1.54) is 0 Å². The van der Waals surface area contributed by atoms with Crippen molar-refractivity contribution >= 4 is 6.21 Å². The molecule has 0 aromatic heterocycles. The normalized spacial score (nSPS) is 12.8. The largest absolute Gasteiger partial charge is 0.386 e. The van der Waals surface area contributed by atoms with Gasteiger partial charge in [0.25, 0.3) is 0 Å². The minimum absolute atomic E-state index is 0.388. The second-order valence-corrected chi connectivity index (χ2v) is 3.83. The molecule has 0 bridgehead atoms. The second kappa shape index (κ2) is 5.97. The highest BCUT2D eigenvalue weighted by Gasteiger charge is 2.03. The van der Waals surface area contributed by atoms with E-state index in [1.54, 1.807) is 6.21 Å². The third kappa shape index (κ3) is 3.54. The molecule has 1 N–H and O–H groups in total. The van der Waals surface area contributed by atoms with E-state index in [0.29, 0.717) is 6.54 Å². The summed E-state index contributed by atoms with van der Waals surface area (Å²) in [6, 6.07) is 19.4. The van der Waals surface area contributed by atoms with Gasteiger partial charge in [0.2, 0.25) is 0 Å². The number of hydrogen-bond acceptors (Lipinski definition) is 2. The molecule has 2 aromatic carbocycles. The summed E-state index contributed by atoms with van der Waals surface area (Å²) in [5.41, 5.74) is 1.95. The number of aliphatic hydroxyl groups is 1. The zero-order chi connectivity index (χ0) is 11.9. The van der Waals surface area contributed by atoms with E-state index >= 15 is 0 Å². The van der Waals surface area contributed by atoms with E-state index in [4.69, 9.17) is 0 Å². The molecule has 0 aliphatic heterocycles. The lowest BCUT2D eigenvalue weighted by molar-refractivity contribution is 0.187. The van der Waals surface area contributed by atoms with Gasteiger partial charge >= 0.3 is 0 Å². The fourth-order valence-corrected chi connectivity index (χ4v) is 1.58. The van der Waals surface area contributed by atoms with Gasteiger partial charge in [-0.25, -0.2) is 0 Å². The average molecular weight is 225 g/mol. The van der Waals surface area contributed by atoms with Crippen LogP contribution in [0.3, 0.4) is 0 Å². The van der Waals surface area contributed by atoms with Crippen molar-refractivity contribution in [1.82, 2.24) is 0 Å². The Kier molecular flexibility index (Phi) is 4.05. The molecule has 1 unspecified atom stereocenters. The Bertz CT molecular complexity index is 465. The first-order valence-electron chi connectivity index (χ1n) is 5.64. The highest BCUT2D eigenvalue weighted by atomic mass is 16.3. The van der Waals surface area contributed by atoms with Crippen molar-refractivity contribution in [3.63, 3.8) is 0 Å². The maximum absolute atomic E-state index is 9.88. The molecular weight excluding hydrogens is 210 g/mol. The molecule has 0 saturated carbocycles. The van der Waals surface area contributed by atoms with Crippen LogP contribution in [0, 0.1) is 0 Å². The molecule has 2 heteroatoms. The lowest BCUT2D eigenvalue weighted by Crippen LogP contribution is -2.01.